The number of methoxy groups -OCH3 is 2. The van der Waals surface area contributed by atoms with E-state index < -0.39 is 0 Å². The largest absolute Gasteiger partial charge is 0.493 e. The molecule has 1 saturated heterocycles. The molecular weight excluding hydrogens is 512 g/mol. The van der Waals surface area contributed by atoms with Crippen LogP contribution in [-0.2, 0) is 11.3 Å². The number of benzene rings is 3. The monoisotopic (exact) mass is 548 g/mol. The number of cyclic esters (lactones) is 1. The number of hydrogen-bond donors (Lipinski definition) is 0. The van der Waals surface area contributed by atoms with Gasteiger partial charge in [0.2, 0.25) is 6.79 Å². The first kappa shape index (κ1) is 26.5. The van der Waals surface area contributed by atoms with Crippen LogP contribution in [0.15, 0.2) is 30.3 Å². The Morgan fingerprint density at radius 2 is 1.52 bits per heavy atom. The normalized spacial score (nSPS) is 16.7. The van der Waals surface area contributed by atoms with Gasteiger partial charge in [-0.1, -0.05) is 13.0 Å². The number of carbonyl (C=O) groups is 1. The van der Waals surface area contributed by atoms with E-state index in [2.05, 4.69) is 16.7 Å². The van der Waals surface area contributed by atoms with Crippen LogP contribution in [0.2, 0.25) is 0 Å². The van der Waals surface area contributed by atoms with Crippen molar-refractivity contribution in [3.8, 4) is 39.9 Å². The summed E-state index contributed by atoms with van der Waals surface area (Å²) in [6.45, 7) is 9.65. The molecule has 40 heavy (non-hydrogen) atoms. The SMILES string of the molecule is CCCN1CCN(CCCOc2c3c(c(-c4ccc5c(c4)OCO5)c4cc(OC)c(OC)cc24)C(=O)OC3)CC1. The Morgan fingerprint density at radius 1 is 0.825 bits per heavy atom. The highest BCUT2D eigenvalue weighted by atomic mass is 16.7. The van der Waals surface area contributed by atoms with E-state index in [0.29, 0.717) is 40.9 Å². The molecule has 3 aromatic carbocycles. The molecular formula is C31H36N2O7. The van der Waals surface area contributed by atoms with Crippen molar-refractivity contribution in [2.45, 2.75) is 26.4 Å². The van der Waals surface area contributed by atoms with E-state index in [1.807, 2.05) is 30.3 Å². The fourth-order valence-corrected chi connectivity index (χ4v) is 5.94. The summed E-state index contributed by atoms with van der Waals surface area (Å²) < 4.78 is 34.5. The lowest BCUT2D eigenvalue weighted by Crippen LogP contribution is -2.46. The molecule has 0 saturated carbocycles. The van der Waals surface area contributed by atoms with Crippen molar-refractivity contribution in [1.82, 2.24) is 9.80 Å². The van der Waals surface area contributed by atoms with Gasteiger partial charge in [-0.2, -0.15) is 0 Å². The minimum absolute atomic E-state index is 0.157. The molecule has 9 nitrogen and oxygen atoms in total. The Morgan fingerprint density at radius 3 is 2.25 bits per heavy atom. The van der Waals surface area contributed by atoms with Crippen LogP contribution in [0.1, 0.15) is 35.7 Å². The molecule has 3 heterocycles. The zero-order chi connectivity index (χ0) is 27.6. The van der Waals surface area contributed by atoms with E-state index in [4.69, 9.17) is 28.4 Å². The number of nitrogens with zero attached hydrogens (tertiary/aromatic N) is 2. The second kappa shape index (κ2) is 11.4. The molecule has 3 aliphatic rings. The molecule has 1 fully saturated rings. The second-order valence-corrected chi connectivity index (χ2v) is 10.3. The predicted molar refractivity (Wildman–Crippen MR) is 151 cm³/mol. The number of ether oxygens (including phenoxy) is 6. The number of rotatable bonds is 10. The van der Waals surface area contributed by atoms with Crippen molar-refractivity contribution in [3.05, 3.63) is 41.5 Å². The highest BCUT2D eigenvalue weighted by molar-refractivity contribution is 6.14. The average Bonchev–Trinajstić information content (AvgIpc) is 3.61. The summed E-state index contributed by atoms with van der Waals surface area (Å²) in [6.07, 6.45) is 2.08. The van der Waals surface area contributed by atoms with Crippen LogP contribution in [0.25, 0.3) is 21.9 Å². The highest BCUT2D eigenvalue weighted by Crippen LogP contribution is 2.49. The molecule has 3 aliphatic heterocycles. The third kappa shape index (κ3) is 4.88. The molecule has 0 unspecified atom stereocenters. The average molecular weight is 549 g/mol. The third-order valence-electron chi connectivity index (χ3n) is 7.95. The molecule has 0 aliphatic carbocycles. The van der Waals surface area contributed by atoms with E-state index in [1.54, 1.807) is 14.2 Å². The summed E-state index contributed by atoms with van der Waals surface area (Å²) in [7, 11) is 3.22. The van der Waals surface area contributed by atoms with Gasteiger partial charge in [0.05, 0.1) is 26.4 Å². The van der Waals surface area contributed by atoms with Crippen molar-refractivity contribution in [3.63, 3.8) is 0 Å². The van der Waals surface area contributed by atoms with Gasteiger partial charge in [0.15, 0.2) is 23.0 Å². The predicted octanol–water partition coefficient (Wildman–Crippen LogP) is 4.72. The molecule has 0 N–H and O–H groups in total. The summed E-state index contributed by atoms with van der Waals surface area (Å²) in [6, 6.07) is 9.54. The minimum Gasteiger partial charge on any atom is -0.493 e. The molecule has 3 aromatic rings. The Hall–Kier alpha value is -3.69. The first-order chi connectivity index (χ1) is 19.6. The quantitative estimate of drug-likeness (QED) is 0.264. The van der Waals surface area contributed by atoms with Crippen LogP contribution < -0.4 is 23.7 Å². The molecule has 0 bridgehead atoms. The van der Waals surface area contributed by atoms with Gasteiger partial charge in [-0.3, -0.25) is 0 Å². The lowest BCUT2D eigenvalue weighted by molar-refractivity contribution is 0.0534. The van der Waals surface area contributed by atoms with Crippen molar-refractivity contribution in [2.24, 2.45) is 0 Å². The van der Waals surface area contributed by atoms with Gasteiger partial charge in [-0.05, 0) is 54.6 Å². The van der Waals surface area contributed by atoms with Crippen LogP contribution in [0.3, 0.4) is 0 Å². The van der Waals surface area contributed by atoms with Gasteiger partial charge in [0.25, 0.3) is 0 Å². The van der Waals surface area contributed by atoms with E-state index >= 15 is 0 Å². The van der Waals surface area contributed by atoms with Crippen molar-refractivity contribution < 1.29 is 33.2 Å². The lowest BCUT2D eigenvalue weighted by Gasteiger charge is -2.34. The molecule has 6 rings (SSSR count). The van der Waals surface area contributed by atoms with Crippen molar-refractivity contribution >= 4 is 16.7 Å². The van der Waals surface area contributed by atoms with Crippen LogP contribution in [0, 0.1) is 0 Å². The Bertz CT molecular complexity index is 1420. The standard InChI is InChI=1S/C31H36N2O7/c1-4-8-32-10-12-33(13-11-32)9-5-14-37-30-22-17-26(36-3)25(35-2)16-21(22)28(29-23(30)18-38-31(29)34)20-6-7-24-27(15-20)40-19-39-24/h6-7,15-17H,4-5,8-14,18-19H2,1-3H3. The number of esters is 1. The summed E-state index contributed by atoms with van der Waals surface area (Å²) in [4.78, 5) is 18.2. The minimum atomic E-state index is -0.367. The second-order valence-electron chi connectivity index (χ2n) is 10.3. The molecule has 0 spiro atoms. The number of hydrogen-bond acceptors (Lipinski definition) is 9. The van der Waals surface area contributed by atoms with E-state index in [-0.39, 0.29) is 19.4 Å². The smallest absolute Gasteiger partial charge is 0.339 e. The maximum Gasteiger partial charge on any atom is 0.339 e. The zero-order valence-corrected chi connectivity index (χ0v) is 23.4. The molecule has 9 heteroatoms. The van der Waals surface area contributed by atoms with Gasteiger partial charge in [-0.15, -0.1) is 0 Å². The zero-order valence-electron chi connectivity index (χ0n) is 23.4. The highest BCUT2D eigenvalue weighted by Gasteiger charge is 2.33. The molecule has 0 amide bonds. The summed E-state index contributed by atoms with van der Waals surface area (Å²) in [5, 5.41) is 1.66. The van der Waals surface area contributed by atoms with E-state index in [0.717, 1.165) is 66.6 Å². The number of fused-ring (bicyclic) bond motifs is 3. The fourth-order valence-electron chi connectivity index (χ4n) is 5.94. The van der Waals surface area contributed by atoms with Crippen LogP contribution >= 0.6 is 0 Å². The fraction of sp³-hybridized carbons (Fsp3) is 0.452. The first-order valence-electron chi connectivity index (χ1n) is 14.0. The maximum absolute atomic E-state index is 13.2. The molecule has 0 atom stereocenters. The molecule has 212 valence electrons. The van der Waals surface area contributed by atoms with Crippen molar-refractivity contribution in [2.75, 3.05) is 66.9 Å². The van der Waals surface area contributed by atoms with Crippen molar-refractivity contribution in [1.29, 1.82) is 0 Å². The van der Waals surface area contributed by atoms with Crippen LogP contribution in [0.5, 0.6) is 28.7 Å². The Balaban J connectivity index is 1.35. The van der Waals surface area contributed by atoms with Crippen LogP contribution in [-0.4, -0.2) is 82.7 Å². The topological polar surface area (TPSA) is 78.9 Å². The van der Waals surface area contributed by atoms with Gasteiger partial charge in [-0.25, -0.2) is 4.79 Å². The maximum atomic E-state index is 13.2. The third-order valence-corrected chi connectivity index (χ3v) is 7.95. The first-order valence-corrected chi connectivity index (χ1v) is 14.0. The molecule has 0 radical (unpaired) electrons. The Labute approximate surface area is 234 Å². The van der Waals surface area contributed by atoms with Gasteiger partial charge in [0.1, 0.15) is 12.4 Å². The number of piperazine rings is 1. The van der Waals surface area contributed by atoms with Gasteiger partial charge < -0.3 is 38.2 Å². The van der Waals surface area contributed by atoms with E-state index in [9.17, 15) is 4.79 Å². The van der Waals surface area contributed by atoms with E-state index in [1.165, 1.54) is 13.0 Å². The summed E-state index contributed by atoms with van der Waals surface area (Å²) in [5.74, 6) is 2.77. The number of carbonyl (C=O) groups excluding carboxylic acids is 1. The summed E-state index contributed by atoms with van der Waals surface area (Å²) >= 11 is 0. The van der Waals surface area contributed by atoms with Crippen LogP contribution in [0.4, 0.5) is 0 Å². The van der Waals surface area contributed by atoms with Gasteiger partial charge >= 0.3 is 5.97 Å². The summed E-state index contributed by atoms with van der Waals surface area (Å²) in [5.41, 5.74) is 2.85. The lowest BCUT2D eigenvalue weighted by atomic mass is 9.89. The molecule has 0 aromatic heterocycles. The van der Waals surface area contributed by atoms with Gasteiger partial charge in [0, 0.05) is 49.2 Å². The Kier molecular flexibility index (Phi) is 7.58.